The molecule has 2 aromatic carbocycles. The van der Waals surface area contributed by atoms with Gasteiger partial charge < -0.3 is 14.2 Å². The van der Waals surface area contributed by atoms with Crippen molar-refractivity contribution in [3.05, 3.63) is 51.6 Å². The molecular formula is C31H36N4O8. The summed E-state index contributed by atoms with van der Waals surface area (Å²) in [5.41, 5.74) is 0.889. The van der Waals surface area contributed by atoms with Crippen molar-refractivity contribution < 1.29 is 33.8 Å². The average Bonchev–Trinajstić information content (AvgIpc) is 3.29. The molecule has 0 spiro atoms. The number of hydrogen-bond donors (Lipinski definition) is 0. The second-order valence-corrected chi connectivity index (χ2v) is 10.3. The van der Waals surface area contributed by atoms with E-state index in [0.717, 1.165) is 26.2 Å². The smallest absolute Gasteiger partial charge is 0.331 e. The Hall–Kier alpha value is -4.74. The molecule has 43 heavy (non-hydrogen) atoms. The van der Waals surface area contributed by atoms with Crippen LogP contribution in [-0.4, -0.2) is 44.4 Å². The number of rotatable bonds is 14. The number of aryl methyl sites for hydroxylation is 1. The van der Waals surface area contributed by atoms with Crippen LogP contribution in [0.3, 0.4) is 0 Å². The highest BCUT2D eigenvalue weighted by molar-refractivity contribution is 6.47. The van der Waals surface area contributed by atoms with Crippen molar-refractivity contribution in [2.75, 3.05) is 0 Å². The number of ketones is 2. The third kappa shape index (κ3) is 7.56. The minimum absolute atomic E-state index is 0.00648. The molecule has 0 saturated heterocycles. The molecule has 1 heterocycles. The predicted octanol–water partition coefficient (Wildman–Crippen LogP) is 6.55. The van der Waals surface area contributed by atoms with E-state index in [0.29, 0.717) is 34.3 Å². The Kier molecular flexibility index (Phi) is 11.0. The maximum Gasteiger partial charge on any atom is 0.331 e. The SMILES string of the molecule is CC/C(=N\OC(C)=O)C(=O)c1ccc2c(c1)c1cc(C(=O)/C(CC)=N/OC(C)=O)cc([N+](=O)[O-])c1n2CCCC(C)CC. The number of oxime groups is 2. The summed E-state index contributed by atoms with van der Waals surface area (Å²) in [7, 11) is 0. The monoisotopic (exact) mass is 592 g/mol. The van der Waals surface area contributed by atoms with Crippen LogP contribution >= 0.6 is 0 Å². The second kappa shape index (κ2) is 14.4. The minimum atomic E-state index is -0.707. The van der Waals surface area contributed by atoms with Crippen LogP contribution in [0.5, 0.6) is 0 Å². The Morgan fingerprint density at radius 1 is 0.884 bits per heavy atom. The van der Waals surface area contributed by atoms with Crippen molar-refractivity contribution >= 4 is 62.4 Å². The van der Waals surface area contributed by atoms with Gasteiger partial charge in [0.2, 0.25) is 11.6 Å². The zero-order valence-electron chi connectivity index (χ0n) is 25.3. The molecular weight excluding hydrogens is 556 g/mol. The first kappa shape index (κ1) is 32.8. The molecule has 0 fully saturated rings. The van der Waals surface area contributed by atoms with Crippen molar-refractivity contribution in [1.82, 2.24) is 4.57 Å². The molecule has 0 amide bonds. The van der Waals surface area contributed by atoms with Crippen molar-refractivity contribution in [1.29, 1.82) is 0 Å². The van der Waals surface area contributed by atoms with Gasteiger partial charge in [0, 0.05) is 53.9 Å². The fourth-order valence-electron chi connectivity index (χ4n) is 4.77. The summed E-state index contributed by atoms with van der Waals surface area (Å²) in [6.45, 7) is 10.4. The highest BCUT2D eigenvalue weighted by Gasteiger charge is 2.26. The molecule has 0 aliphatic heterocycles. The van der Waals surface area contributed by atoms with E-state index in [1.54, 1.807) is 38.1 Å². The topological polar surface area (TPSA) is 160 Å². The summed E-state index contributed by atoms with van der Waals surface area (Å²) in [6, 6.07) is 7.68. The van der Waals surface area contributed by atoms with Crippen molar-refractivity contribution in [3.8, 4) is 0 Å². The maximum absolute atomic E-state index is 13.4. The van der Waals surface area contributed by atoms with Crippen LogP contribution < -0.4 is 0 Å². The Morgan fingerprint density at radius 3 is 1.95 bits per heavy atom. The average molecular weight is 593 g/mol. The highest BCUT2D eigenvalue weighted by Crippen LogP contribution is 2.37. The van der Waals surface area contributed by atoms with Gasteiger partial charge >= 0.3 is 11.9 Å². The first-order chi connectivity index (χ1) is 20.4. The number of fused-ring (bicyclic) bond motifs is 3. The standard InChI is InChI=1S/C31H36N4O8/c1-7-18(4)11-10-14-34-27-13-12-21(30(38)25(8-2)32-42-19(5)36)15-23(27)24-16-22(17-28(29(24)34)35(40)41)31(39)26(9-3)33-43-20(6)37/h12-13,15-18H,7-11,14H2,1-6H3/b32-25+,33-26+. The van der Waals surface area contributed by atoms with Crippen molar-refractivity contribution in [3.63, 3.8) is 0 Å². The van der Waals surface area contributed by atoms with Gasteiger partial charge in [-0.3, -0.25) is 19.7 Å². The maximum atomic E-state index is 13.4. The van der Waals surface area contributed by atoms with Gasteiger partial charge in [0.25, 0.3) is 5.69 Å². The molecule has 0 aliphatic rings. The van der Waals surface area contributed by atoms with Gasteiger partial charge in [-0.15, -0.1) is 0 Å². The number of nitrogens with zero attached hydrogens (tertiary/aromatic N) is 4. The molecule has 1 atom stereocenters. The van der Waals surface area contributed by atoms with Crippen LogP contribution in [0.1, 0.15) is 94.4 Å². The molecule has 0 N–H and O–H groups in total. The quantitative estimate of drug-likeness (QED) is 0.0669. The lowest BCUT2D eigenvalue weighted by Gasteiger charge is -2.11. The summed E-state index contributed by atoms with van der Waals surface area (Å²) in [4.78, 5) is 70.5. The molecule has 3 rings (SSSR count). The number of aromatic nitrogens is 1. The van der Waals surface area contributed by atoms with Gasteiger partial charge in [-0.05, 0) is 55.9 Å². The molecule has 1 unspecified atom stereocenters. The third-order valence-electron chi connectivity index (χ3n) is 7.20. The normalized spacial score (nSPS) is 12.8. The van der Waals surface area contributed by atoms with E-state index >= 15 is 0 Å². The zero-order chi connectivity index (χ0) is 31.8. The van der Waals surface area contributed by atoms with Gasteiger partial charge in [0.1, 0.15) is 16.9 Å². The van der Waals surface area contributed by atoms with Crippen LogP contribution in [0.25, 0.3) is 21.8 Å². The lowest BCUT2D eigenvalue weighted by Crippen LogP contribution is -2.15. The fourth-order valence-corrected chi connectivity index (χ4v) is 4.77. The number of nitro benzene ring substituents is 1. The Labute approximate surface area is 248 Å². The number of Topliss-reactive ketones (excluding diaryl/α,β-unsaturated/α-hetero) is 2. The van der Waals surface area contributed by atoms with Gasteiger partial charge in [0.15, 0.2) is 0 Å². The van der Waals surface area contributed by atoms with Crippen LogP contribution in [-0.2, 0) is 25.8 Å². The summed E-state index contributed by atoms with van der Waals surface area (Å²) < 4.78 is 1.86. The second-order valence-electron chi connectivity index (χ2n) is 10.3. The lowest BCUT2D eigenvalue weighted by molar-refractivity contribution is -0.383. The molecule has 12 nitrogen and oxygen atoms in total. The minimum Gasteiger partial charge on any atom is -0.335 e. The van der Waals surface area contributed by atoms with E-state index in [9.17, 15) is 29.3 Å². The Balaban J connectivity index is 2.31. The lowest BCUT2D eigenvalue weighted by atomic mass is 9.99. The van der Waals surface area contributed by atoms with E-state index < -0.39 is 28.4 Å². The van der Waals surface area contributed by atoms with E-state index in [1.165, 1.54) is 13.0 Å². The molecule has 12 heteroatoms. The first-order valence-corrected chi connectivity index (χ1v) is 14.3. The summed E-state index contributed by atoms with van der Waals surface area (Å²) in [5, 5.41) is 20.7. The van der Waals surface area contributed by atoms with Crippen LogP contribution in [0.15, 0.2) is 40.6 Å². The Bertz CT molecular complexity index is 1650. The van der Waals surface area contributed by atoms with Gasteiger partial charge in [-0.1, -0.05) is 44.4 Å². The van der Waals surface area contributed by atoms with E-state index in [1.807, 2.05) is 4.57 Å². The number of benzene rings is 2. The third-order valence-corrected chi connectivity index (χ3v) is 7.20. The first-order valence-electron chi connectivity index (χ1n) is 14.3. The summed E-state index contributed by atoms with van der Waals surface area (Å²) in [6.07, 6.45) is 3.00. The number of non-ortho nitro benzene ring substituents is 1. The van der Waals surface area contributed by atoms with E-state index in [4.69, 9.17) is 4.84 Å². The molecule has 0 saturated carbocycles. The molecule has 1 aromatic heterocycles. The molecule has 0 aliphatic carbocycles. The summed E-state index contributed by atoms with van der Waals surface area (Å²) in [5.74, 6) is -1.99. The van der Waals surface area contributed by atoms with E-state index in [-0.39, 0.29) is 41.1 Å². The van der Waals surface area contributed by atoms with Crippen LogP contribution in [0.4, 0.5) is 5.69 Å². The molecule has 228 valence electrons. The van der Waals surface area contributed by atoms with Crippen molar-refractivity contribution in [2.45, 2.75) is 80.2 Å². The number of carbonyl (C=O) groups is 4. The van der Waals surface area contributed by atoms with Gasteiger partial charge in [-0.25, -0.2) is 9.59 Å². The molecule has 0 bridgehead atoms. The van der Waals surface area contributed by atoms with Gasteiger partial charge in [0.05, 0.1) is 4.92 Å². The zero-order valence-corrected chi connectivity index (χ0v) is 25.3. The fraction of sp³-hybridized carbons (Fsp3) is 0.419. The van der Waals surface area contributed by atoms with E-state index in [2.05, 4.69) is 29.0 Å². The van der Waals surface area contributed by atoms with Crippen LogP contribution in [0, 0.1) is 16.0 Å². The molecule has 0 radical (unpaired) electrons. The Morgan fingerprint density at radius 2 is 1.44 bits per heavy atom. The number of hydrogen-bond acceptors (Lipinski definition) is 10. The largest absolute Gasteiger partial charge is 0.335 e. The molecule has 3 aromatic rings. The van der Waals surface area contributed by atoms with Crippen molar-refractivity contribution in [2.24, 2.45) is 16.2 Å². The van der Waals surface area contributed by atoms with Crippen LogP contribution in [0.2, 0.25) is 0 Å². The van der Waals surface area contributed by atoms with Gasteiger partial charge in [-0.2, -0.15) is 0 Å². The number of carbonyl (C=O) groups excluding carboxylic acids is 4. The summed E-state index contributed by atoms with van der Waals surface area (Å²) >= 11 is 0. The predicted molar refractivity (Wildman–Crippen MR) is 162 cm³/mol. The highest BCUT2D eigenvalue weighted by atomic mass is 16.7. The number of nitro groups is 1.